The Labute approximate surface area is 216 Å². The standard InChI is InChI=1S/C26H36N2O7S/c1-8-34-18-11-9-10-17(14-18)15-19(29)27-21-23(31)28(24(21)36-13-12-20(30)33-7)22(16(2)3)25(32)35-26(4,5)6/h9-11,14,21,24H,8,12-13,15H2,1-7H3,(H,27,29). The molecule has 1 aliphatic heterocycles. The number of thioether (sulfide) groups is 1. The summed E-state index contributed by atoms with van der Waals surface area (Å²) in [7, 11) is 1.31. The molecule has 2 rings (SSSR count). The van der Waals surface area contributed by atoms with Gasteiger partial charge in [-0.3, -0.25) is 19.3 Å². The predicted molar refractivity (Wildman–Crippen MR) is 137 cm³/mol. The molecule has 9 nitrogen and oxygen atoms in total. The molecule has 1 heterocycles. The number of benzene rings is 1. The highest BCUT2D eigenvalue weighted by Gasteiger charge is 2.52. The smallest absolute Gasteiger partial charge is 0.355 e. The molecule has 0 aromatic heterocycles. The highest BCUT2D eigenvalue weighted by atomic mass is 32.2. The number of carbonyl (C=O) groups is 4. The molecule has 36 heavy (non-hydrogen) atoms. The van der Waals surface area contributed by atoms with E-state index in [1.165, 1.54) is 23.8 Å². The molecule has 2 amide bonds. The molecule has 0 aliphatic carbocycles. The molecule has 1 aliphatic rings. The van der Waals surface area contributed by atoms with E-state index < -0.39 is 28.9 Å². The maximum Gasteiger partial charge on any atom is 0.355 e. The second kappa shape index (κ2) is 12.8. The van der Waals surface area contributed by atoms with Crippen molar-refractivity contribution in [2.24, 2.45) is 0 Å². The van der Waals surface area contributed by atoms with E-state index in [0.29, 0.717) is 23.7 Å². The molecule has 0 bridgehead atoms. The van der Waals surface area contributed by atoms with Crippen LogP contribution in [0.1, 0.15) is 53.5 Å². The van der Waals surface area contributed by atoms with Gasteiger partial charge in [-0.15, -0.1) is 11.8 Å². The summed E-state index contributed by atoms with van der Waals surface area (Å²) < 4.78 is 15.7. The molecular weight excluding hydrogens is 484 g/mol. The monoisotopic (exact) mass is 520 g/mol. The number of methoxy groups -OCH3 is 1. The number of allylic oxidation sites excluding steroid dienone is 1. The summed E-state index contributed by atoms with van der Waals surface area (Å²) in [6.07, 6.45) is 0.187. The summed E-state index contributed by atoms with van der Waals surface area (Å²) in [6.45, 7) is 11.1. The molecule has 2 atom stereocenters. The van der Waals surface area contributed by atoms with Gasteiger partial charge in [0.1, 0.15) is 28.5 Å². The number of hydrogen-bond acceptors (Lipinski definition) is 8. The predicted octanol–water partition coefficient (Wildman–Crippen LogP) is 3.21. The van der Waals surface area contributed by atoms with Gasteiger partial charge < -0.3 is 19.5 Å². The summed E-state index contributed by atoms with van der Waals surface area (Å²) in [6, 6.07) is 6.35. The van der Waals surface area contributed by atoms with Crippen molar-refractivity contribution in [3.05, 3.63) is 41.1 Å². The minimum absolute atomic E-state index is 0.0613. The Morgan fingerprint density at radius 2 is 1.86 bits per heavy atom. The highest BCUT2D eigenvalue weighted by molar-refractivity contribution is 8.00. The lowest BCUT2D eigenvalue weighted by Crippen LogP contribution is -2.69. The number of esters is 2. The van der Waals surface area contributed by atoms with Gasteiger partial charge in [0.25, 0.3) is 5.91 Å². The molecule has 198 valence electrons. The number of nitrogens with zero attached hydrogens (tertiary/aromatic N) is 1. The number of β-lactam (4-membered cyclic amide) rings is 1. The first-order valence-corrected chi connectivity index (χ1v) is 12.9. The van der Waals surface area contributed by atoms with Crippen LogP contribution in [0.3, 0.4) is 0 Å². The second-order valence-corrected chi connectivity index (χ2v) is 10.7. The lowest BCUT2D eigenvalue weighted by atomic mass is 10.0. The fourth-order valence-corrected chi connectivity index (χ4v) is 4.82. The van der Waals surface area contributed by atoms with Crippen LogP contribution >= 0.6 is 11.8 Å². The molecule has 1 aromatic carbocycles. The van der Waals surface area contributed by atoms with Crippen molar-refractivity contribution in [3.8, 4) is 5.75 Å². The molecule has 0 radical (unpaired) electrons. The molecule has 0 spiro atoms. The zero-order valence-corrected chi connectivity index (χ0v) is 22.8. The lowest BCUT2D eigenvalue weighted by Gasteiger charge is -2.47. The number of hydrogen-bond donors (Lipinski definition) is 1. The van der Waals surface area contributed by atoms with Crippen LogP contribution in [0.15, 0.2) is 35.5 Å². The molecule has 0 saturated carbocycles. The van der Waals surface area contributed by atoms with E-state index in [1.54, 1.807) is 46.8 Å². The normalized spacial score (nSPS) is 17.1. The van der Waals surface area contributed by atoms with Crippen molar-refractivity contribution in [2.45, 2.75) is 71.4 Å². The summed E-state index contributed by atoms with van der Waals surface area (Å²) in [5.74, 6) is -0.749. The Balaban J connectivity index is 2.21. The van der Waals surface area contributed by atoms with Gasteiger partial charge in [-0.2, -0.15) is 0 Å². The molecule has 1 aromatic rings. The third-order valence-corrected chi connectivity index (χ3v) is 6.33. The number of carbonyl (C=O) groups excluding carboxylic acids is 4. The summed E-state index contributed by atoms with van der Waals surface area (Å²) in [4.78, 5) is 52.0. The fraction of sp³-hybridized carbons (Fsp3) is 0.538. The van der Waals surface area contributed by atoms with E-state index in [0.717, 1.165) is 5.56 Å². The first-order valence-electron chi connectivity index (χ1n) is 11.8. The quantitative estimate of drug-likeness (QED) is 0.269. The Hall–Kier alpha value is -3.01. The Bertz CT molecular complexity index is 1010. The Kier molecular flexibility index (Phi) is 10.4. The van der Waals surface area contributed by atoms with Crippen LogP contribution in [0.4, 0.5) is 0 Å². The third-order valence-electron chi connectivity index (χ3n) is 5.06. The zero-order valence-electron chi connectivity index (χ0n) is 22.0. The van der Waals surface area contributed by atoms with Gasteiger partial charge >= 0.3 is 11.9 Å². The van der Waals surface area contributed by atoms with Crippen molar-refractivity contribution in [1.29, 1.82) is 0 Å². The van der Waals surface area contributed by atoms with Gasteiger partial charge in [-0.1, -0.05) is 12.1 Å². The SMILES string of the molecule is CCOc1cccc(CC(=O)NC2C(=O)N(C(C(=O)OC(C)(C)C)=C(C)C)C2SCCC(=O)OC)c1. The fourth-order valence-electron chi connectivity index (χ4n) is 3.56. The van der Waals surface area contributed by atoms with Gasteiger partial charge in [0.05, 0.1) is 26.6 Å². The molecule has 1 saturated heterocycles. The third kappa shape index (κ3) is 8.01. The largest absolute Gasteiger partial charge is 0.494 e. The van der Waals surface area contributed by atoms with Gasteiger partial charge in [-0.25, -0.2) is 4.79 Å². The number of rotatable bonds is 11. The van der Waals surface area contributed by atoms with Gasteiger partial charge in [0.2, 0.25) is 5.91 Å². The van der Waals surface area contributed by atoms with Crippen molar-refractivity contribution < 1.29 is 33.4 Å². The topological polar surface area (TPSA) is 111 Å². The van der Waals surface area contributed by atoms with Crippen molar-refractivity contribution in [3.63, 3.8) is 0 Å². The van der Waals surface area contributed by atoms with Crippen LogP contribution in [0.25, 0.3) is 0 Å². The van der Waals surface area contributed by atoms with Crippen LogP contribution in [-0.2, 0) is 35.1 Å². The first-order chi connectivity index (χ1) is 16.9. The van der Waals surface area contributed by atoms with E-state index in [4.69, 9.17) is 14.2 Å². The Morgan fingerprint density at radius 3 is 2.44 bits per heavy atom. The number of amides is 2. The maximum atomic E-state index is 13.2. The minimum atomic E-state index is -0.855. The minimum Gasteiger partial charge on any atom is -0.494 e. The van der Waals surface area contributed by atoms with Gasteiger partial charge in [0, 0.05) is 5.75 Å². The summed E-state index contributed by atoms with van der Waals surface area (Å²) >= 11 is 1.29. The van der Waals surface area contributed by atoms with Crippen LogP contribution in [0, 0.1) is 0 Å². The van der Waals surface area contributed by atoms with Crippen LogP contribution in [0.5, 0.6) is 5.75 Å². The maximum absolute atomic E-state index is 13.2. The van der Waals surface area contributed by atoms with E-state index in [9.17, 15) is 19.2 Å². The van der Waals surface area contributed by atoms with Crippen molar-refractivity contribution in [1.82, 2.24) is 10.2 Å². The summed E-state index contributed by atoms with van der Waals surface area (Å²) in [5.41, 5.74) is 0.743. The first kappa shape index (κ1) is 29.2. The van der Waals surface area contributed by atoms with E-state index >= 15 is 0 Å². The number of likely N-dealkylation sites (tertiary alicyclic amines) is 1. The number of ether oxygens (including phenoxy) is 3. The van der Waals surface area contributed by atoms with Crippen molar-refractivity contribution in [2.75, 3.05) is 19.5 Å². The van der Waals surface area contributed by atoms with E-state index in [1.807, 2.05) is 19.1 Å². The molecule has 1 N–H and O–H groups in total. The Morgan fingerprint density at radius 1 is 1.17 bits per heavy atom. The van der Waals surface area contributed by atoms with Gasteiger partial charge in [0.15, 0.2) is 0 Å². The number of nitrogens with one attached hydrogen (secondary N) is 1. The van der Waals surface area contributed by atoms with Crippen LogP contribution in [-0.4, -0.2) is 65.1 Å². The average Bonchev–Trinajstić information content (AvgIpc) is 2.78. The molecule has 2 unspecified atom stereocenters. The zero-order chi connectivity index (χ0) is 27.0. The van der Waals surface area contributed by atoms with Crippen LogP contribution in [0.2, 0.25) is 0 Å². The van der Waals surface area contributed by atoms with Crippen molar-refractivity contribution >= 4 is 35.5 Å². The van der Waals surface area contributed by atoms with Gasteiger partial charge in [-0.05, 0) is 64.8 Å². The summed E-state index contributed by atoms with van der Waals surface area (Å²) in [5, 5.41) is 2.21. The molecule has 1 fully saturated rings. The lowest BCUT2D eigenvalue weighted by molar-refractivity contribution is -0.158. The average molecular weight is 521 g/mol. The highest BCUT2D eigenvalue weighted by Crippen LogP contribution is 2.36. The van der Waals surface area contributed by atoms with E-state index in [-0.39, 0.29) is 30.4 Å². The molecule has 10 heteroatoms. The van der Waals surface area contributed by atoms with Crippen LogP contribution < -0.4 is 10.1 Å². The molecular formula is C26H36N2O7S. The second-order valence-electron chi connectivity index (χ2n) is 9.45. The van der Waals surface area contributed by atoms with E-state index in [2.05, 4.69) is 5.32 Å².